The van der Waals surface area contributed by atoms with E-state index in [0.29, 0.717) is 5.56 Å². The van der Waals surface area contributed by atoms with Crippen LogP contribution in [0.25, 0.3) is 0 Å². The van der Waals surface area contributed by atoms with Crippen LogP contribution in [0.1, 0.15) is 38.3 Å². The predicted octanol–water partition coefficient (Wildman–Crippen LogP) is 4.24. The van der Waals surface area contributed by atoms with E-state index in [1.54, 1.807) is 18.2 Å². The molecule has 1 amide bonds. The Kier molecular flexibility index (Phi) is 5.54. The third kappa shape index (κ3) is 4.92. The van der Waals surface area contributed by atoms with Gasteiger partial charge in [0.05, 0.1) is 6.42 Å². The molecule has 1 atom stereocenters. The Labute approximate surface area is 137 Å². The number of carbonyl (C=O) groups is 1. The first-order chi connectivity index (χ1) is 10.9. The van der Waals surface area contributed by atoms with Crippen LogP contribution in [0.2, 0.25) is 0 Å². The van der Waals surface area contributed by atoms with Gasteiger partial charge in [-0.05, 0) is 36.0 Å². The fourth-order valence-corrected chi connectivity index (χ4v) is 2.96. The highest BCUT2D eigenvalue weighted by atomic mass is 19.1. The topological polar surface area (TPSA) is 29.1 Å². The molecule has 23 heavy (non-hydrogen) atoms. The quantitative estimate of drug-likeness (QED) is 0.849. The van der Waals surface area contributed by atoms with Crippen molar-refractivity contribution in [3.05, 3.63) is 71.5 Å². The minimum absolute atomic E-state index is 0.0180. The fourth-order valence-electron chi connectivity index (χ4n) is 2.96. The van der Waals surface area contributed by atoms with E-state index in [1.807, 2.05) is 25.1 Å². The van der Waals surface area contributed by atoms with Gasteiger partial charge in [0.25, 0.3) is 0 Å². The summed E-state index contributed by atoms with van der Waals surface area (Å²) in [5, 5.41) is 2.98. The van der Waals surface area contributed by atoms with Crippen LogP contribution in [0.5, 0.6) is 0 Å². The zero-order chi connectivity index (χ0) is 16.9. The molecule has 2 aromatic rings. The van der Waals surface area contributed by atoms with Crippen molar-refractivity contribution in [1.82, 2.24) is 5.32 Å². The van der Waals surface area contributed by atoms with Crippen LogP contribution in [0.15, 0.2) is 54.6 Å². The Morgan fingerprint density at radius 2 is 1.70 bits per heavy atom. The third-order valence-electron chi connectivity index (χ3n) is 4.09. The normalized spacial score (nSPS) is 12.7. The number of nitrogens with one attached hydrogen (secondary N) is 1. The molecule has 3 heteroatoms. The van der Waals surface area contributed by atoms with E-state index < -0.39 is 0 Å². The molecule has 0 spiro atoms. The summed E-state index contributed by atoms with van der Waals surface area (Å²) in [5.41, 5.74) is 1.64. The van der Waals surface area contributed by atoms with Gasteiger partial charge in [0.15, 0.2) is 0 Å². The van der Waals surface area contributed by atoms with Crippen LogP contribution in [0.4, 0.5) is 4.39 Å². The van der Waals surface area contributed by atoms with Crippen molar-refractivity contribution < 1.29 is 9.18 Å². The van der Waals surface area contributed by atoms with Crippen LogP contribution in [-0.2, 0) is 16.6 Å². The van der Waals surface area contributed by atoms with Crippen LogP contribution >= 0.6 is 0 Å². The molecular weight excluding hydrogens is 289 g/mol. The van der Waals surface area contributed by atoms with Crippen molar-refractivity contribution in [3.8, 4) is 0 Å². The summed E-state index contributed by atoms with van der Waals surface area (Å²) in [6, 6.07) is 16.7. The molecule has 2 rings (SSSR count). The van der Waals surface area contributed by atoms with Gasteiger partial charge >= 0.3 is 0 Å². The lowest BCUT2D eigenvalue weighted by atomic mass is 9.79. The molecule has 0 fully saturated rings. The van der Waals surface area contributed by atoms with Crippen molar-refractivity contribution in [2.24, 2.45) is 0 Å². The summed E-state index contributed by atoms with van der Waals surface area (Å²) in [6.45, 7) is 6.33. The van der Waals surface area contributed by atoms with Gasteiger partial charge in [0.1, 0.15) is 5.82 Å². The van der Waals surface area contributed by atoms with E-state index >= 15 is 0 Å². The van der Waals surface area contributed by atoms with Gasteiger partial charge in [-0.25, -0.2) is 4.39 Å². The van der Waals surface area contributed by atoms with Crippen molar-refractivity contribution >= 4 is 5.91 Å². The van der Waals surface area contributed by atoms with Crippen molar-refractivity contribution in [2.75, 3.05) is 0 Å². The maximum Gasteiger partial charge on any atom is 0.224 e. The smallest absolute Gasteiger partial charge is 0.224 e. The third-order valence-corrected chi connectivity index (χ3v) is 4.09. The molecule has 122 valence electrons. The van der Waals surface area contributed by atoms with Gasteiger partial charge in [-0.1, -0.05) is 62.4 Å². The molecule has 0 aliphatic heterocycles. The second-order valence-electron chi connectivity index (χ2n) is 6.69. The van der Waals surface area contributed by atoms with E-state index in [1.165, 1.54) is 11.6 Å². The highest BCUT2D eigenvalue weighted by molar-refractivity contribution is 5.78. The molecule has 2 nitrogen and oxygen atoms in total. The predicted molar refractivity (Wildman–Crippen MR) is 91.8 cm³/mol. The Morgan fingerprint density at radius 1 is 1.09 bits per heavy atom. The molecule has 0 bridgehead atoms. The molecule has 0 aliphatic carbocycles. The summed E-state index contributed by atoms with van der Waals surface area (Å²) < 4.78 is 13.6. The summed E-state index contributed by atoms with van der Waals surface area (Å²) in [5.74, 6) is -0.480. The molecule has 0 heterocycles. The zero-order valence-electron chi connectivity index (χ0n) is 14.0. The van der Waals surface area contributed by atoms with Gasteiger partial charge in [-0.2, -0.15) is 0 Å². The van der Waals surface area contributed by atoms with Gasteiger partial charge in [0.2, 0.25) is 5.91 Å². The highest BCUT2D eigenvalue weighted by Crippen LogP contribution is 2.28. The molecule has 1 N–H and O–H groups in total. The second kappa shape index (κ2) is 7.40. The zero-order valence-corrected chi connectivity index (χ0v) is 14.0. The lowest BCUT2D eigenvalue weighted by Gasteiger charge is -2.29. The Morgan fingerprint density at radius 3 is 2.35 bits per heavy atom. The molecule has 0 saturated heterocycles. The van der Waals surface area contributed by atoms with E-state index in [9.17, 15) is 9.18 Å². The lowest BCUT2D eigenvalue weighted by molar-refractivity contribution is -0.121. The summed E-state index contributed by atoms with van der Waals surface area (Å²) in [4.78, 5) is 12.1. The monoisotopic (exact) mass is 313 g/mol. The number of rotatable bonds is 6. The van der Waals surface area contributed by atoms with Crippen molar-refractivity contribution in [2.45, 2.75) is 45.1 Å². The first kappa shape index (κ1) is 17.2. The summed E-state index contributed by atoms with van der Waals surface area (Å²) >= 11 is 0. The number of amides is 1. The largest absolute Gasteiger partial charge is 0.353 e. The Balaban J connectivity index is 1.93. The number of hydrogen-bond acceptors (Lipinski definition) is 1. The van der Waals surface area contributed by atoms with Crippen molar-refractivity contribution in [3.63, 3.8) is 0 Å². The molecule has 0 aromatic heterocycles. The van der Waals surface area contributed by atoms with Gasteiger partial charge < -0.3 is 5.32 Å². The average molecular weight is 313 g/mol. The summed E-state index contributed by atoms with van der Waals surface area (Å²) in [6.07, 6.45) is 0.892. The van der Waals surface area contributed by atoms with E-state index in [0.717, 1.165) is 6.42 Å². The maximum absolute atomic E-state index is 13.6. The second-order valence-corrected chi connectivity index (χ2v) is 6.69. The summed E-state index contributed by atoms with van der Waals surface area (Å²) in [7, 11) is 0. The van der Waals surface area contributed by atoms with E-state index in [4.69, 9.17) is 0 Å². The Bertz CT molecular complexity index is 652. The number of benzene rings is 2. The van der Waals surface area contributed by atoms with Crippen LogP contribution in [0.3, 0.4) is 0 Å². The molecule has 0 aliphatic rings. The van der Waals surface area contributed by atoms with Crippen LogP contribution in [-0.4, -0.2) is 11.9 Å². The number of halogens is 1. The first-order valence-electron chi connectivity index (χ1n) is 7.97. The number of hydrogen-bond donors (Lipinski definition) is 1. The van der Waals surface area contributed by atoms with Gasteiger partial charge in [-0.3, -0.25) is 4.79 Å². The SMILES string of the molecule is C[C@H](CC(C)(C)c1ccccc1)NC(=O)Cc1ccccc1F. The fraction of sp³-hybridized carbons (Fsp3) is 0.350. The molecular formula is C20H24FNO. The highest BCUT2D eigenvalue weighted by Gasteiger charge is 2.24. The number of carbonyl (C=O) groups excluding carboxylic acids is 1. The minimum Gasteiger partial charge on any atom is -0.353 e. The van der Waals surface area contributed by atoms with E-state index in [-0.39, 0.29) is 29.6 Å². The van der Waals surface area contributed by atoms with Gasteiger partial charge in [0, 0.05) is 6.04 Å². The first-order valence-corrected chi connectivity index (χ1v) is 7.97. The van der Waals surface area contributed by atoms with Gasteiger partial charge in [-0.15, -0.1) is 0 Å². The Hall–Kier alpha value is -2.16. The van der Waals surface area contributed by atoms with E-state index in [2.05, 4.69) is 31.3 Å². The molecule has 0 radical (unpaired) electrons. The van der Waals surface area contributed by atoms with Crippen LogP contribution < -0.4 is 5.32 Å². The molecule has 0 unspecified atom stereocenters. The molecule has 0 saturated carbocycles. The standard InChI is InChI=1S/C20H24FNO/c1-15(14-20(2,3)17-10-5-4-6-11-17)22-19(23)13-16-9-7-8-12-18(16)21/h4-12,15H,13-14H2,1-3H3,(H,22,23)/t15-/m1/s1. The minimum atomic E-state index is -0.333. The lowest BCUT2D eigenvalue weighted by Crippen LogP contribution is -2.38. The molecule has 2 aromatic carbocycles. The van der Waals surface area contributed by atoms with Crippen LogP contribution in [0, 0.1) is 5.82 Å². The maximum atomic E-state index is 13.6. The van der Waals surface area contributed by atoms with Crippen molar-refractivity contribution in [1.29, 1.82) is 0 Å². The average Bonchev–Trinajstić information content (AvgIpc) is 2.50.